The van der Waals surface area contributed by atoms with Crippen LogP contribution in [0.4, 0.5) is 5.82 Å². The average molecular weight is 339 g/mol. The number of anilines is 1. The molecular weight excluding hydrogens is 331 g/mol. The van der Waals surface area contributed by atoms with E-state index in [0.717, 1.165) is 4.57 Å². The van der Waals surface area contributed by atoms with Crippen LogP contribution in [0.15, 0.2) is 40.1 Å². The molecule has 2 aromatic heterocycles. The van der Waals surface area contributed by atoms with Gasteiger partial charge in [-0.25, -0.2) is 4.98 Å². The molecule has 0 unspecified atom stereocenters. The largest absolute Gasteiger partial charge is 0.363 e. The van der Waals surface area contributed by atoms with Crippen molar-refractivity contribution in [2.24, 2.45) is 0 Å². The summed E-state index contributed by atoms with van der Waals surface area (Å²) in [6.45, 7) is -0.229. The Hall–Kier alpha value is -2.38. The lowest BCUT2D eigenvalue weighted by atomic mass is 10.2. The molecule has 3 aromatic rings. The van der Waals surface area contributed by atoms with Crippen LogP contribution in [-0.4, -0.2) is 20.6 Å². The summed E-state index contributed by atoms with van der Waals surface area (Å²) in [5.41, 5.74) is -0.0578. The summed E-state index contributed by atoms with van der Waals surface area (Å²) in [5.74, 6) is -0.182. The number of aromatic nitrogens is 3. The number of fused-ring (bicyclic) bond motifs is 1. The Balaban J connectivity index is 1.93. The predicted molar refractivity (Wildman–Crippen MR) is 81.2 cm³/mol. The van der Waals surface area contributed by atoms with Gasteiger partial charge >= 0.3 is 0 Å². The van der Waals surface area contributed by atoms with Crippen LogP contribution >= 0.6 is 23.2 Å². The number of rotatable bonds is 3. The van der Waals surface area contributed by atoms with Crippen LogP contribution in [0.1, 0.15) is 0 Å². The fourth-order valence-electron chi connectivity index (χ4n) is 1.93. The van der Waals surface area contributed by atoms with E-state index in [1.807, 2.05) is 0 Å². The van der Waals surface area contributed by atoms with Gasteiger partial charge in [0.15, 0.2) is 5.82 Å². The number of benzene rings is 1. The summed E-state index contributed by atoms with van der Waals surface area (Å²) in [4.78, 5) is 28.3. The first kappa shape index (κ1) is 14.6. The minimum Gasteiger partial charge on any atom is -0.363 e. The van der Waals surface area contributed by atoms with E-state index in [-0.39, 0.29) is 22.8 Å². The molecule has 0 bridgehead atoms. The Morgan fingerprint density at radius 2 is 2.18 bits per heavy atom. The molecule has 3 rings (SSSR count). The van der Waals surface area contributed by atoms with E-state index in [2.05, 4.69) is 20.0 Å². The zero-order valence-corrected chi connectivity index (χ0v) is 12.4. The molecule has 22 heavy (non-hydrogen) atoms. The minimum atomic E-state index is -0.442. The second kappa shape index (κ2) is 5.78. The molecule has 7 nitrogen and oxygen atoms in total. The maximum absolute atomic E-state index is 12.4. The summed E-state index contributed by atoms with van der Waals surface area (Å²) in [6.07, 6.45) is 2.59. The van der Waals surface area contributed by atoms with Crippen molar-refractivity contribution in [1.29, 1.82) is 0 Å². The van der Waals surface area contributed by atoms with Gasteiger partial charge in [-0.2, -0.15) is 0 Å². The van der Waals surface area contributed by atoms with Gasteiger partial charge in [-0.15, -0.1) is 0 Å². The highest BCUT2D eigenvalue weighted by atomic mass is 35.5. The number of nitrogens with zero attached hydrogens (tertiary/aromatic N) is 3. The quantitative estimate of drug-likeness (QED) is 0.791. The third-order valence-corrected chi connectivity index (χ3v) is 3.38. The molecule has 0 radical (unpaired) electrons. The van der Waals surface area contributed by atoms with Crippen molar-refractivity contribution in [2.75, 3.05) is 5.32 Å². The number of hydrogen-bond acceptors (Lipinski definition) is 5. The van der Waals surface area contributed by atoms with Gasteiger partial charge in [0.05, 0.1) is 22.3 Å². The van der Waals surface area contributed by atoms with E-state index < -0.39 is 11.5 Å². The molecule has 1 N–H and O–H groups in total. The van der Waals surface area contributed by atoms with Gasteiger partial charge in [-0.05, 0) is 12.1 Å². The highest BCUT2D eigenvalue weighted by molar-refractivity contribution is 6.38. The standard InChI is InChI=1S/C13H8Cl2N4O3/c14-7-3-8(15)12-9(4-7)16-6-19(13(12)21)5-11(20)17-10-1-2-22-18-10/h1-4,6H,5H2,(H,17,18,20). The Labute approximate surface area is 133 Å². The normalized spacial score (nSPS) is 10.8. The van der Waals surface area contributed by atoms with Crippen molar-refractivity contribution < 1.29 is 9.32 Å². The molecule has 0 aliphatic heterocycles. The van der Waals surface area contributed by atoms with Gasteiger partial charge in [-0.1, -0.05) is 28.4 Å². The van der Waals surface area contributed by atoms with Crippen LogP contribution in [0.25, 0.3) is 10.9 Å². The second-order valence-corrected chi connectivity index (χ2v) is 5.24. The van der Waals surface area contributed by atoms with Gasteiger partial charge in [0, 0.05) is 11.1 Å². The molecule has 0 saturated heterocycles. The lowest BCUT2D eigenvalue weighted by Crippen LogP contribution is -2.28. The molecule has 0 fully saturated rings. The molecule has 2 heterocycles. The summed E-state index contributed by atoms with van der Waals surface area (Å²) in [5, 5.41) is 6.81. The minimum absolute atomic E-state index is 0.186. The maximum atomic E-state index is 12.4. The Kier molecular flexibility index (Phi) is 3.82. The second-order valence-electron chi connectivity index (χ2n) is 4.39. The van der Waals surface area contributed by atoms with Crippen LogP contribution in [0, 0.1) is 0 Å². The summed E-state index contributed by atoms with van der Waals surface area (Å²) in [7, 11) is 0. The maximum Gasteiger partial charge on any atom is 0.263 e. The highest BCUT2D eigenvalue weighted by Crippen LogP contribution is 2.23. The number of carbonyl (C=O) groups is 1. The van der Waals surface area contributed by atoms with Crippen molar-refractivity contribution >= 4 is 45.8 Å². The van der Waals surface area contributed by atoms with Crippen LogP contribution in [0.5, 0.6) is 0 Å². The van der Waals surface area contributed by atoms with Crippen molar-refractivity contribution in [1.82, 2.24) is 14.7 Å². The first-order chi connectivity index (χ1) is 10.5. The van der Waals surface area contributed by atoms with E-state index in [1.54, 1.807) is 0 Å². The highest BCUT2D eigenvalue weighted by Gasteiger charge is 2.12. The Bertz CT molecular complexity index is 906. The van der Waals surface area contributed by atoms with Crippen molar-refractivity contribution in [3.05, 3.63) is 51.2 Å². The van der Waals surface area contributed by atoms with Gasteiger partial charge in [-0.3, -0.25) is 14.2 Å². The third-order valence-electron chi connectivity index (χ3n) is 2.86. The SMILES string of the molecule is O=C(Cn1cnc2cc(Cl)cc(Cl)c2c1=O)Nc1ccon1. The number of hydrogen-bond donors (Lipinski definition) is 1. The zero-order chi connectivity index (χ0) is 15.7. The first-order valence-corrected chi connectivity index (χ1v) is 6.84. The molecule has 112 valence electrons. The molecule has 0 saturated carbocycles. The van der Waals surface area contributed by atoms with Gasteiger partial charge in [0.2, 0.25) is 5.91 Å². The molecule has 9 heteroatoms. The molecule has 1 amide bonds. The van der Waals surface area contributed by atoms with Crippen LogP contribution < -0.4 is 10.9 Å². The van der Waals surface area contributed by atoms with Gasteiger partial charge in [0.25, 0.3) is 5.56 Å². The number of halogens is 2. The summed E-state index contributed by atoms with van der Waals surface area (Å²) >= 11 is 11.9. The monoisotopic (exact) mass is 338 g/mol. The lowest BCUT2D eigenvalue weighted by Gasteiger charge is -2.07. The smallest absolute Gasteiger partial charge is 0.263 e. The van der Waals surface area contributed by atoms with Gasteiger partial charge < -0.3 is 9.84 Å². The van der Waals surface area contributed by atoms with Crippen LogP contribution in [0.3, 0.4) is 0 Å². The average Bonchev–Trinajstić information content (AvgIpc) is 2.94. The van der Waals surface area contributed by atoms with Crippen molar-refractivity contribution in [3.63, 3.8) is 0 Å². The third kappa shape index (κ3) is 2.81. The molecule has 0 aliphatic rings. The molecule has 1 aromatic carbocycles. The van der Waals surface area contributed by atoms with E-state index in [1.165, 1.54) is 30.8 Å². The summed E-state index contributed by atoms with van der Waals surface area (Å²) < 4.78 is 5.75. The molecule has 0 spiro atoms. The zero-order valence-electron chi connectivity index (χ0n) is 10.9. The van der Waals surface area contributed by atoms with E-state index >= 15 is 0 Å². The Morgan fingerprint density at radius 1 is 1.36 bits per heavy atom. The predicted octanol–water partition coefficient (Wildman–Crippen LogP) is 2.33. The van der Waals surface area contributed by atoms with E-state index in [9.17, 15) is 9.59 Å². The number of carbonyl (C=O) groups excluding carboxylic acids is 1. The molecular formula is C13H8Cl2N4O3. The fourth-order valence-corrected chi connectivity index (χ4v) is 2.49. The van der Waals surface area contributed by atoms with Crippen molar-refractivity contribution in [2.45, 2.75) is 6.54 Å². The number of amides is 1. The molecule has 0 atom stereocenters. The molecule has 0 aliphatic carbocycles. The topological polar surface area (TPSA) is 90.0 Å². The Morgan fingerprint density at radius 3 is 2.91 bits per heavy atom. The summed E-state index contributed by atoms with van der Waals surface area (Å²) in [6, 6.07) is 4.47. The lowest BCUT2D eigenvalue weighted by molar-refractivity contribution is -0.116. The van der Waals surface area contributed by atoms with Crippen LogP contribution in [0.2, 0.25) is 10.0 Å². The van der Waals surface area contributed by atoms with E-state index in [0.29, 0.717) is 10.5 Å². The van der Waals surface area contributed by atoms with Gasteiger partial charge in [0.1, 0.15) is 12.8 Å². The first-order valence-electron chi connectivity index (χ1n) is 6.09. The van der Waals surface area contributed by atoms with Crippen molar-refractivity contribution in [3.8, 4) is 0 Å². The van der Waals surface area contributed by atoms with Crippen LogP contribution in [-0.2, 0) is 11.3 Å². The fraction of sp³-hybridized carbons (Fsp3) is 0.0769. The number of nitrogens with one attached hydrogen (secondary N) is 1. The van der Waals surface area contributed by atoms with E-state index in [4.69, 9.17) is 23.2 Å².